The number of nitrogens with one attached hydrogen (secondary N) is 1. The lowest BCUT2D eigenvalue weighted by Gasteiger charge is -2.22. The van der Waals surface area contributed by atoms with Crippen molar-refractivity contribution in [2.45, 2.75) is 18.6 Å². The highest BCUT2D eigenvalue weighted by atomic mass is 16.5. The quantitative estimate of drug-likeness (QED) is 0.683. The summed E-state index contributed by atoms with van der Waals surface area (Å²) in [4.78, 5) is 24.4. The monoisotopic (exact) mass is 373 g/mol. The van der Waals surface area contributed by atoms with E-state index in [0.717, 1.165) is 5.56 Å². The minimum atomic E-state index is -1.26. The van der Waals surface area contributed by atoms with Crippen molar-refractivity contribution in [3.05, 3.63) is 59.7 Å². The molecule has 2 aromatic carbocycles. The van der Waals surface area contributed by atoms with Crippen molar-refractivity contribution in [2.24, 2.45) is 0 Å². The van der Waals surface area contributed by atoms with Gasteiger partial charge in [0.05, 0.1) is 27.8 Å². The topological polar surface area (TPSA) is 94.1 Å². The number of esters is 1. The summed E-state index contributed by atoms with van der Waals surface area (Å²) in [5.41, 5.74) is 1.20. The molecule has 0 aliphatic rings. The number of benzene rings is 2. The number of hydrogen-bond acceptors (Lipinski definition) is 6. The van der Waals surface area contributed by atoms with Crippen LogP contribution >= 0.6 is 0 Å². The van der Waals surface area contributed by atoms with E-state index in [-0.39, 0.29) is 6.42 Å². The Balaban J connectivity index is 2.09. The van der Waals surface area contributed by atoms with Crippen molar-refractivity contribution >= 4 is 11.9 Å². The molecule has 7 nitrogen and oxygen atoms in total. The van der Waals surface area contributed by atoms with E-state index in [4.69, 9.17) is 14.2 Å². The molecule has 1 amide bonds. The first kappa shape index (κ1) is 20.3. The first-order valence-corrected chi connectivity index (χ1v) is 8.30. The molecule has 7 heteroatoms. The smallest absolute Gasteiger partial charge is 0.331 e. The molecular formula is C20H23NO6. The first-order chi connectivity index (χ1) is 13.0. The Kier molecular flexibility index (Phi) is 7.19. The molecule has 0 bridgehead atoms. The zero-order valence-corrected chi connectivity index (χ0v) is 15.5. The highest BCUT2D eigenvalue weighted by Gasteiger charge is 2.30. The molecule has 0 spiro atoms. The summed E-state index contributed by atoms with van der Waals surface area (Å²) in [7, 11) is 4.29. The lowest BCUT2D eigenvalue weighted by Crippen LogP contribution is -2.46. The van der Waals surface area contributed by atoms with Gasteiger partial charge in [0.1, 0.15) is 17.6 Å². The van der Waals surface area contributed by atoms with Gasteiger partial charge in [-0.3, -0.25) is 4.79 Å². The van der Waals surface area contributed by atoms with Crippen LogP contribution in [0.1, 0.15) is 17.2 Å². The molecular weight excluding hydrogens is 350 g/mol. The fraction of sp³-hybridized carbons (Fsp3) is 0.300. The summed E-state index contributed by atoms with van der Waals surface area (Å²) in [6.45, 7) is 0. The zero-order valence-electron chi connectivity index (χ0n) is 15.5. The molecule has 0 radical (unpaired) electrons. The first-order valence-electron chi connectivity index (χ1n) is 8.30. The lowest BCUT2D eigenvalue weighted by atomic mass is 10.0. The van der Waals surface area contributed by atoms with E-state index in [9.17, 15) is 14.7 Å². The number of amides is 1. The van der Waals surface area contributed by atoms with Crippen LogP contribution in [0.4, 0.5) is 0 Å². The van der Waals surface area contributed by atoms with E-state index in [2.05, 4.69) is 5.32 Å². The minimum absolute atomic E-state index is 0.0484. The molecule has 27 heavy (non-hydrogen) atoms. The second-order valence-corrected chi connectivity index (χ2v) is 5.81. The van der Waals surface area contributed by atoms with E-state index >= 15 is 0 Å². The van der Waals surface area contributed by atoms with Crippen LogP contribution in [-0.4, -0.2) is 44.4 Å². The molecule has 0 aromatic heterocycles. The molecule has 0 saturated carbocycles. The van der Waals surface area contributed by atoms with Crippen molar-refractivity contribution in [1.29, 1.82) is 0 Å². The molecule has 0 aliphatic heterocycles. The van der Waals surface area contributed by atoms with Gasteiger partial charge >= 0.3 is 5.97 Å². The molecule has 0 heterocycles. The summed E-state index contributed by atoms with van der Waals surface area (Å²) >= 11 is 0. The highest BCUT2D eigenvalue weighted by molar-refractivity contribution is 5.86. The standard InChI is InChI=1S/C20H23NO6/c1-25-15-8-4-13(5-9-15)12-17(22)21-18(20(24)27-3)19(23)14-6-10-16(26-2)11-7-14/h4-11,18-19,23H,12H2,1-3H3,(H,21,22). The molecule has 0 aliphatic carbocycles. The molecule has 2 N–H and O–H groups in total. The van der Waals surface area contributed by atoms with Crippen molar-refractivity contribution in [3.63, 3.8) is 0 Å². The van der Waals surface area contributed by atoms with Gasteiger partial charge in [-0.2, -0.15) is 0 Å². The van der Waals surface area contributed by atoms with Crippen LogP contribution < -0.4 is 14.8 Å². The van der Waals surface area contributed by atoms with E-state index in [1.54, 1.807) is 55.6 Å². The molecule has 2 unspecified atom stereocenters. The lowest BCUT2D eigenvalue weighted by molar-refractivity contribution is -0.148. The Morgan fingerprint density at radius 1 is 0.926 bits per heavy atom. The van der Waals surface area contributed by atoms with Crippen molar-refractivity contribution < 1.29 is 28.9 Å². The van der Waals surface area contributed by atoms with Crippen molar-refractivity contribution in [1.82, 2.24) is 5.32 Å². The number of carbonyl (C=O) groups excluding carboxylic acids is 2. The Bertz CT molecular complexity index is 757. The third kappa shape index (κ3) is 5.46. The van der Waals surface area contributed by atoms with Gasteiger partial charge in [-0.15, -0.1) is 0 Å². The Morgan fingerprint density at radius 3 is 1.93 bits per heavy atom. The molecule has 2 aromatic rings. The number of ether oxygens (including phenoxy) is 3. The van der Waals surface area contributed by atoms with E-state index in [1.165, 1.54) is 14.2 Å². The van der Waals surface area contributed by atoms with Gasteiger partial charge in [-0.25, -0.2) is 4.79 Å². The average molecular weight is 373 g/mol. The fourth-order valence-electron chi connectivity index (χ4n) is 2.54. The number of carbonyl (C=O) groups is 2. The Labute approximate surface area is 157 Å². The van der Waals surface area contributed by atoms with Crippen molar-refractivity contribution in [2.75, 3.05) is 21.3 Å². The van der Waals surface area contributed by atoms with Crippen LogP contribution in [0.2, 0.25) is 0 Å². The van der Waals surface area contributed by atoms with Gasteiger partial charge in [0.2, 0.25) is 5.91 Å². The summed E-state index contributed by atoms with van der Waals surface area (Å²) < 4.78 is 14.9. The van der Waals surface area contributed by atoms with Crippen LogP contribution in [0.3, 0.4) is 0 Å². The zero-order chi connectivity index (χ0) is 19.8. The Hall–Kier alpha value is -3.06. The maximum absolute atomic E-state index is 12.4. The number of methoxy groups -OCH3 is 3. The van der Waals surface area contributed by atoms with E-state index < -0.39 is 24.0 Å². The summed E-state index contributed by atoms with van der Waals surface area (Å²) in [5.74, 6) is 0.148. The Morgan fingerprint density at radius 2 is 1.44 bits per heavy atom. The summed E-state index contributed by atoms with van der Waals surface area (Å²) in [6, 6.07) is 12.3. The number of hydrogen-bond donors (Lipinski definition) is 2. The maximum atomic E-state index is 12.4. The predicted octanol–water partition coefficient (Wildman–Crippen LogP) is 1.64. The van der Waals surface area contributed by atoms with E-state index in [1.807, 2.05) is 0 Å². The number of aliphatic hydroxyl groups excluding tert-OH is 1. The normalized spacial score (nSPS) is 12.6. The molecule has 2 atom stereocenters. The third-order valence-electron chi connectivity index (χ3n) is 4.07. The molecule has 2 rings (SSSR count). The summed E-state index contributed by atoms with van der Waals surface area (Å²) in [5, 5.41) is 13.1. The van der Waals surface area contributed by atoms with Crippen LogP contribution in [0.5, 0.6) is 11.5 Å². The maximum Gasteiger partial charge on any atom is 0.331 e. The fourth-order valence-corrected chi connectivity index (χ4v) is 2.54. The van der Waals surface area contributed by atoms with Gasteiger partial charge in [0.25, 0.3) is 0 Å². The average Bonchev–Trinajstić information content (AvgIpc) is 2.71. The van der Waals surface area contributed by atoms with Gasteiger partial charge in [-0.1, -0.05) is 24.3 Å². The summed E-state index contributed by atoms with van der Waals surface area (Å²) in [6.07, 6.45) is -1.21. The third-order valence-corrected chi connectivity index (χ3v) is 4.07. The largest absolute Gasteiger partial charge is 0.497 e. The second kappa shape index (κ2) is 9.59. The molecule has 0 fully saturated rings. The van der Waals surface area contributed by atoms with Crippen LogP contribution in [-0.2, 0) is 20.7 Å². The van der Waals surface area contributed by atoms with Gasteiger partial charge < -0.3 is 24.6 Å². The van der Waals surface area contributed by atoms with Crippen molar-refractivity contribution in [3.8, 4) is 11.5 Å². The highest BCUT2D eigenvalue weighted by Crippen LogP contribution is 2.21. The van der Waals surface area contributed by atoms with Gasteiger partial charge in [-0.05, 0) is 35.4 Å². The van der Waals surface area contributed by atoms with Gasteiger partial charge in [0, 0.05) is 0 Å². The van der Waals surface area contributed by atoms with Crippen LogP contribution in [0.25, 0.3) is 0 Å². The molecule has 0 saturated heterocycles. The molecule has 144 valence electrons. The van der Waals surface area contributed by atoms with Crippen LogP contribution in [0.15, 0.2) is 48.5 Å². The minimum Gasteiger partial charge on any atom is -0.497 e. The van der Waals surface area contributed by atoms with E-state index in [0.29, 0.717) is 17.1 Å². The number of aliphatic hydroxyl groups is 1. The second-order valence-electron chi connectivity index (χ2n) is 5.81. The van der Waals surface area contributed by atoms with Crippen LogP contribution in [0, 0.1) is 0 Å². The predicted molar refractivity (Wildman–Crippen MR) is 98.6 cm³/mol. The van der Waals surface area contributed by atoms with Gasteiger partial charge in [0.15, 0.2) is 6.04 Å². The number of rotatable bonds is 8. The SMILES string of the molecule is COC(=O)C(NC(=O)Cc1ccc(OC)cc1)C(O)c1ccc(OC)cc1.